The van der Waals surface area contributed by atoms with Crippen LogP contribution < -0.4 is 15.4 Å². The van der Waals surface area contributed by atoms with Crippen molar-refractivity contribution in [2.45, 2.75) is 50.6 Å². The van der Waals surface area contributed by atoms with Crippen LogP contribution in [0.1, 0.15) is 36.8 Å². The predicted molar refractivity (Wildman–Crippen MR) is 119 cm³/mol. The Morgan fingerprint density at radius 3 is 2.76 bits per heavy atom. The van der Waals surface area contributed by atoms with Crippen LogP contribution in [-0.2, 0) is 6.54 Å². The highest BCUT2D eigenvalue weighted by Gasteiger charge is 2.35. The normalized spacial score (nSPS) is 17.9. The lowest BCUT2D eigenvalue weighted by Crippen LogP contribution is -2.32. The van der Waals surface area contributed by atoms with E-state index in [0.29, 0.717) is 53.6 Å². The van der Waals surface area contributed by atoms with Crippen molar-refractivity contribution >= 4 is 28.4 Å². The Balaban J connectivity index is 1.47. The average molecular weight is 477 g/mol. The number of fused-ring (bicyclic) bond motifs is 2. The number of alkyl halides is 4. The number of nitrogens with zero attached hydrogens (tertiary/aromatic N) is 5. The SMILES string of the molecule is COc1nc(NC2CCC(F)(F)CC2)nc2c1C(c1ccc3nnn(CC(F)F)c3c1)=CCN2. The first-order chi connectivity index (χ1) is 16.3. The highest BCUT2D eigenvalue weighted by Crippen LogP contribution is 2.39. The van der Waals surface area contributed by atoms with E-state index in [1.165, 1.54) is 11.8 Å². The molecule has 0 saturated heterocycles. The molecule has 5 rings (SSSR count). The van der Waals surface area contributed by atoms with Crippen LogP contribution in [0.2, 0.25) is 0 Å². The molecular weight excluding hydrogens is 454 g/mol. The minimum absolute atomic E-state index is 0.147. The van der Waals surface area contributed by atoms with Gasteiger partial charge in [0.15, 0.2) is 0 Å². The molecule has 0 radical (unpaired) electrons. The molecule has 0 atom stereocenters. The van der Waals surface area contributed by atoms with Crippen LogP contribution >= 0.6 is 0 Å². The maximum atomic E-state index is 13.5. The van der Waals surface area contributed by atoms with Crippen molar-refractivity contribution in [1.29, 1.82) is 0 Å². The molecule has 0 bridgehead atoms. The molecule has 0 spiro atoms. The van der Waals surface area contributed by atoms with Gasteiger partial charge in [-0.2, -0.15) is 9.97 Å². The van der Waals surface area contributed by atoms with E-state index in [9.17, 15) is 17.6 Å². The summed E-state index contributed by atoms with van der Waals surface area (Å²) in [6.07, 6.45) is -0.299. The summed E-state index contributed by atoms with van der Waals surface area (Å²) in [4.78, 5) is 9.04. The van der Waals surface area contributed by atoms with Gasteiger partial charge in [-0.25, -0.2) is 22.2 Å². The Bertz CT molecular complexity index is 1230. The molecule has 1 aromatic carbocycles. The van der Waals surface area contributed by atoms with Gasteiger partial charge in [-0.15, -0.1) is 5.10 Å². The maximum absolute atomic E-state index is 13.5. The highest BCUT2D eigenvalue weighted by molar-refractivity contribution is 5.92. The fourth-order valence-electron chi connectivity index (χ4n) is 4.40. The number of hydrogen-bond acceptors (Lipinski definition) is 7. The van der Waals surface area contributed by atoms with Gasteiger partial charge >= 0.3 is 0 Å². The lowest BCUT2D eigenvalue weighted by Gasteiger charge is -2.29. The largest absolute Gasteiger partial charge is 0.480 e. The second-order valence-electron chi connectivity index (χ2n) is 8.42. The summed E-state index contributed by atoms with van der Waals surface area (Å²) in [6.45, 7) is -0.0735. The molecule has 3 heterocycles. The molecule has 0 amide bonds. The Morgan fingerprint density at radius 1 is 1.24 bits per heavy atom. The Labute approximate surface area is 192 Å². The molecular formula is C22H23F4N7O. The lowest BCUT2D eigenvalue weighted by atomic mass is 9.92. The first-order valence-electron chi connectivity index (χ1n) is 11.0. The van der Waals surface area contributed by atoms with E-state index in [1.807, 2.05) is 12.1 Å². The third-order valence-electron chi connectivity index (χ3n) is 6.10. The van der Waals surface area contributed by atoms with E-state index in [-0.39, 0.29) is 18.9 Å². The number of hydrogen-bond donors (Lipinski definition) is 2. The van der Waals surface area contributed by atoms with Gasteiger partial charge in [-0.1, -0.05) is 17.4 Å². The highest BCUT2D eigenvalue weighted by atomic mass is 19.3. The predicted octanol–water partition coefficient (Wildman–Crippen LogP) is 4.34. The Kier molecular flexibility index (Phi) is 5.74. The first kappa shape index (κ1) is 22.4. The minimum atomic E-state index is -2.62. The molecule has 180 valence electrons. The van der Waals surface area contributed by atoms with Gasteiger partial charge in [0.1, 0.15) is 17.9 Å². The van der Waals surface area contributed by atoms with Crippen LogP contribution in [-0.4, -0.2) is 57.0 Å². The molecule has 1 aliphatic carbocycles. The smallest absolute Gasteiger partial charge is 0.258 e. The molecule has 1 aliphatic heterocycles. The fraction of sp³-hybridized carbons (Fsp3) is 0.455. The van der Waals surface area contributed by atoms with Crippen molar-refractivity contribution in [3.8, 4) is 5.88 Å². The third-order valence-corrected chi connectivity index (χ3v) is 6.10. The maximum Gasteiger partial charge on any atom is 0.258 e. The number of aromatic nitrogens is 5. The van der Waals surface area contributed by atoms with Crippen LogP contribution in [0.4, 0.5) is 29.3 Å². The topological polar surface area (TPSA) is 89.8 Å². The monoisotopic (exact) mass is 477 g/mol. The van der Waals surface area contributed by atoms with Crippen LogP contribution in [0.3, 0.4) is 0 Å². The number of methoxy groups -OCH3 is 1. The van der Waals surface area contributed by atoms with Gasteiger partial charge in [0.05, 0.1) is 18.2 Å². The number of rotatable bonds is 6. The summed E-state index contributed by atoms with van der Waals surface area (Å²) in [5.74, 6) is -1.47. The average Bonchev–Trinajstić information content (AvgIpc) is 3.20. The molecule has 2 aromatic heterocycles. The van der Waals surface area contributed by atoms with Crippen molar-refractivity contribution in [2.75, 3.05) is 24.3 Å². The Hall–Kier alpha value is -3.44. The van der Waals surface area contributed by atoms with Crippen molar-refractivity contribution in [1.82, 2.24) is 25.0 Å². The van der Waals surface area contributed by atoms with E-state index >= 15 is 0 Å². The standard InChI is InChI=1S/C22H23F4N7O/c1-34-20-18-14(12-2-3-15-16(10-12)33(32-31-15)11-17(23)24)6-9-27-19(18)29-21(30-20)28-13-4-7-22(25,26)8-5-13/h2-3,6,10,13,17H,4-5,7-9,11H2,1H3,(H2,27,28,29,30). The Morgan fingerprint density at radius 2 is 2.03 bits per heavy atom. The van der Waals surface area contributed by atoms with Crippen molar-refractivity contribution in [3.05, 3.63) is 35.4 Å². The summed E-state index contributed by atoms with van der Waals surface area (Å²) in [5, 5.41) is 14.1. The van der Waals surface area contributed by atoms with E-state index < -0.39 is 18.9 Å². The molecule has 1 saturated carbocycles. The summed E-state index contributed by atoms with van der Waals surface area (Å²) < 4.78 is 59.6. The van der Waals surface area contributed by atoms with E-state index in [2.05, 4.69) is 30.9 Å². The lowest BCUT2D eigenvalue weighted by molar-refractivity contribution is -0.0361. The number of benzene rings is 1. The van der Waals surface area contributed by atoms with Crippen LogP contribution in [0.15, 0.2) is 24.3 Å². The molecule has 3 aromatic rings. The van der Waals surface area contributed by atoms with Crippen molar-refractivity contribution < 1.29 is 22.3 Å². The van der Waals surface area contributed by atoms with Crippen LogP contribution in [0.25, 0.3) is 16.6 Å². The molecule has 8 nitrogen and oxygen atoms in total. The number of halogens is 4. The molecule has 34 heavy (non-hydrogen) atoms. The van der Waals surface area contributed by atoms with Crippen molar-refractivity contribution in [2.24, 2.45) is 0 Å². The molecule has 0 unspecified atom stereocenters. The minimum Gasteiger partial charge on any atom is -0.480 e. The number of ether oxygens (including phenoxy) is 1. The van der Waals surface area contributed by atoms with Gasteiger partial charge < -0.3 is 15.4 Å². The van der Waals surface area contributed by atoms with E-state index in [4.69, 9.17) is 4.74 Å². The van der Waals surface area contributed by atoms with Gasteiger partial charge in [-0.3, -0.25) is 0 Å². The summed E-state index contributed by atoms with van der Waals surface area (Å²) in [7, 11) is 1.49. The molecule has 1 fully saturated rings. The van der Waals surface area contributed by atoms with Crippen molar-refractivity contribution in [3.63, 3.8) is 0 Å². The number of anilines is 2. The van der Waals surface area contributed by atoms with Gasteiger partial charge in [0.2, 0.25) is 17.8 Å². The van der Waals surface area contributed by atoms with Gasteiger partial charge in [0.25, 0.3) is 6.43 Å². The molecule has 2 aliphatic rings. The summed E-state index contributed by atoms with van der Waals surface area (Å²) >= 11 is 0. The van der Waals surface area contributed by atoms with Gasteiger partial charge in [-0.05, 0) is 36.1 Å². The fourth-order valence-corrected chi connectivity index (χ4v) is 4.40. The third kappa shape index (κ3) is 4.36. The molecule has 2 N–H and O–H groups in total. The zero-order chi connectivity index (χ0) is 23.9. The summed E-state index contributed by atoms with van der Waals surface area (Å²) in [5.41, 5.74) is 3.17. The zero-order valence-electron chi connectivity index (χ0n) is 18.4. The van der Waals surface area contributed by atoms with E-state index in [0.717, 1.165) is 11.1 Å². The van der Waals surface area contributed by atoms with Gasteiger partial charge in [0, 0.05) is 25.4 Å². The second-order valence-corrected chi connectivity index (χ2v) is 8.42. The van der Waals surface area contributed by atoms with Crippen LogP contribution in [0.5, 0.6) is 5.88 Å². The molecule has 12 heteroatoms. The quantitative estimate of drug-likeness (QED) is 0.511. The van der Waals surface area contributed by atoms with E-state index in [1.54, 1.807) is 12.1 Å². The number of nitrogens with one attached hydrogen (secondary N) is 2. The first-order valence-corrected chi connectivity index (χ1v) is 11.0. The van der Waals surface area contributed by atoms with Crippen LogP contribution in [0, 0.1) is 0 Å². The second kappa shape index (κ2) is 8.73. The zero-order valence-corrected chi connectivity index (χ0v) is 18.4. The summed E-state index contributed by atoms with van der Waals surface area (Å²) in [6, 6.07) is 5.17.